The van der Waals surface area contributed by atoms with Crippen LogP contribution in [0.4, 0.5) is 0 Å². The van der Waals surface area contributed by atoms with Crippen molar-refractivity contribution in [2.75, 3.05) is 0 Å². The van der Waals surface area contributed by atoms with Gasteiger partial charge in [0, 0.05) is 6.04 Å². The number of nitrogens with one attached hydrogen (secondary N) is 2. The molecule has 1 aromatic carbocycles. The van der Waals surface area contributed by atoms with Crippen LogP contribution in [0.25, 0.3) is 0 Å². The van der Waals surface area contributed by atoms with E-state index in [1.54, 1.807) is 0 Å². The average Bonchev–Trinajstić information content (AvgIpc) is 2.49. The first-order valence-electron chi connectivity index (χ1n) is 7.91. The largest absolute Gasteiger partial charge is 0.360 e. The third-order valence-corrected chi connectivity index (χ3v) is 4.26. The monoisotopic (exact) mass is 290 g/mol. The third kappa shape index (κ3) is 4.78. The fourth-order valence-corrected chi connectivity index (χ4v) is 3.24. The summed E-state index contributed by atoms with van der Waals surface area (Å²) < 4.78 is 0. The van der Waals surface area contributed by atoms with Gasteiger partial charge in [-0.2, -0.15) is 0 Å². The number of hydrogen-bond acceptors (Lipinski definition) is 1. The van der Waals surface area contributed by atoms with Crippen molar-refractivity contribution in [3.63, 3.8) is 0 Å². The van der Waals surface area contributed by atoms with Crippen LogP contribution in [0, 0.1) is 0 Å². The summed E-state index contributed by atoms with van der Waals surface area (Å²) in [5.74, 6) is 0. The molecule has 0 radical (unpaired) electrons. The molecule has 0 saturated heterocycles. The normalized spacial score (nSPS) is 17.4. The zero-order valence-corrected chi connectivity index (χ0v) is 13.2. The summed E-state index contributed by atoms with van der Waals surface area (Å²) in [5.41, 5.74) is 1.32. The van der Waals surface area contributed by atoms with E-state index >= 15 is 0 Å². The molecule has 0 unspecified atom stereocenters. The van der Waals surface area contributed by atoms with E-state index in [1.807, 2.05) is 0 Å². The molecule has 0 amide bonds. The predicted molar refractivity (Wildman–Crippen MR) is 89.8 cm³/mol. The standard InChI is InChI=1S/C17H26N2S/c1-2-9-16(14-10-5-3-6-11-14)19-17(20)18-15-12-7-4-8-13-15/h3,5-6,10-11,15-16H,2,4,7-9,12-13H2,1H3,(H2,18,19,20)/t16-/m0/s1. The Balaban J connectivity index is 1.88. The Hall–Kier alpha value is -1.09. The SMILES string of the molecule is CCC[C@H](NC(=S)NC1CCCCC1)c1ccccc1. The summed E-state index contributed by atoms with van der Waals surface area (Å²) in [4.78, 5) is 0. The van der Waals surface area contributed by atoms with Crippen LogP contribution in [0.1, 0.15) is 63.5 Å². The summed E-state index contributed by atoms with van der Waals surface area (Å²) >= 11 is 5.50. The van der Waals surface area contributed by atoms with Crippen LogP contribution in [0.5, 0.6) is 0 Å². The van der Waals surface area contributed by atoms with Gasteiger partial charge in [-0.3, -0.25) is 0 Å². The maximum Gasteiger partial charge on any atom is 0.166 e. The van der Waals surface area contributed by atoms with Crippen molar-refractivity contribution < 1.29 is 0 Å². The summed E-state index contributed by atoms with van der Waals surface area (Å²) in [5, 5.41) is 7.82. The number of benzene rings is 1. The molecule has 20 heavy (non-hydrogen) atoms. The van der Waals surface area contributed by atoms with Gasteiger partial charge in [-0.05, 0) is 37.0 Å². The highest BCUT2D eigenvalue weighted by atomic mass is 32.1. The highest BCUT2D eigenvalue weighted by molar-refractivity contribution is 7.80. The Kier molecular flexibility index (Phi) is 6.31. The van der Waals surface area contributed by atoms with Crippen LogP contribution in [0.15, 0.2) is 30.3 Å². The quantitative estimate of drug-likeness (QED) is 0.790. The van der Waals surface area contributed by atoms with Crippen molar-refractivity contribution >= 4 is 17.3 Å². The molecular weight excluding hydrogens is 264 g/mol. The van der Waals surface area contributed by atoms with Gasteiger partial charge in [0.2, 0.25) is 0 Å². The molecule has 1 atom stereocenters. The van der Waals surface area contributed by atoms with Gasteiger partial charge in [0.1, 0.15) is 0 Å². The summed E-state index contributed by atoms with van der Waals surface area (Å²) in [6, 6.07) is 11.5. The topological polar surface area (TPSA) is 24.1 Å². The molecule has 1 fully saturated rings. The molecule has 1 aliphatic rings. The molecule has 0 aromatic heterocycles. The molecule has 0 bridgehead atoms. The molecule has 3 heteroatoms. The summed E-state index contributed by atoms with van der Waals surface area (Å²) in [6.45, 7) is 2.22. The van der Waals surface area contributed by atoms with E-state index in [-0.39, 0.29) is 0 Å². The third-order valence-electron chi connectivity index (χ3n) is 4.03. The van der Waals surface area contributed by atoms with Crippen LogP contribution in [0.3, 0.4) is 0 Å². The van der Waals surface area contributed by atoms with Gasteiger partial charge in [0.05, 0.1) is 6.04 Å². The van der Waals surface area contributed by atoms with Crippen molar-refractivity contribution in [3.8, 4) is 0 Å². The zero-order chi connectivity index (χ0) is 14.2. The molecule has 0 spiro atoms. The van der Waals surface area contributed by atoms with Gasteiger partial charge in [0.25, 0.3) is 0 Å². The fraction of sp³-hybridized carbons (Fsp3) is 0.588. The first kappa shape index (κ1) is 15.3. The lowest BCUT2D eigenvalue weighted by Crippen LogP contribution is -2.44. The summed E-state index contributed by atoms with van der Waals surface area (Å²) in [7, 11) is 0. The smallest absolute Gasteiger partial charge is 0.166 e. The van der Waals surface area contributed by atoms with Crippen molar-refractivity contribution in [1.82, 2.24) is 10.6 Å². The molecule has 110 valence electrons. The van der Waals surface area contributed by atoms with Gasteiger partial charge in [0.15, 0.2) is 5.11 Å². The van der Waals surface area contributed by atoms with E-state index in [0.29, 0.717) is 12.1 Å². The van der Waals surface area contributed by atoms with Crippen molar-refractivity contribution in [2.45, 2.75) is 64.0 Å². The minimum absolute atomic E-state index is 0.324. The fourth-order valence-electron chi connectivity index (χ4n) is 2.93. The van der Waals surface area contributed by atoms with Crippen molar-refractivity contribution in [2.24, 2.45) is 0 Å². The lowest BCUT2D eigenvalue weighted by Gasteiger charge is -2.27. The van der Waals surface area contributed by atoms with Gasteiger partial charge in [-0.25, -0.2) is 0 Å². The maximum absolute atomic E-state index is 5.50. The number of rotatable bonds is 5. The highest BCUT2D eigenvalue weighted by Crippen LogP contribution is 2.19. The van der Waals surface area contributed by atoms with Crippen LogP contribution in [-0.2, 0) is 0 Å². The molecule has 2 rings (SSSR count). The Morgan fingerprint density at radius 2 is 1.90 bits per heavy atom. The minimum Gasteiger partial charge on any atom is -0.360 e. The second-order valence-electron chi connectivity index (χ2n) is 5.70. The van der Waals surface area contributed by atoms with E-state index in [4.69, 9.17) is 12.2 Å². The van der Waals surface area contributed by atoms with Crippen LogP contribution in [0.2, 0.25) is 0 Å². The Labute approximate surface area is 128 Å². The van der Waals surface area contributed by atoms with E-state index in [9.17, 15) is 0 Å². The zero-order valence-electron chi connectivity index (χ0n) is 12.4. The second-order valence-corrected chi connectivity index (χ2v) is 6.11. The van der Waals surface area contributed by atoms with Gasteiger partial charge in [-0.1, -0.05) is 62.9 Å². The second kappa shape index (κ2) is 8.25. The van der Waals surface area contributed by atoms with Crippen molar-refractivity contribution in [1.29, 1.82) is 0 Å². The van der Waals surface area contributed by atoms with E-state index < -0.39 is 0 Å². The molecule has 0 heterocycles. The Morgan fingerprint density at radius 1 is 1.20 bits per heavy atom. The van der Waals surface area contributed by atoms with Crippen LogP contribution in [-0.4, -0.2) is 11.2 Å². The molecule has 2 nitrogen and oxygen atoms in total. The number of hydrogen-bond donors (Lipinski definition) is 2. The predicted octanol–water partition coefficient (Wildman–Crippen LogP) is 4.32. The molecular formula is C17H26N2S. The summed E-state index contributed by atoms with van der Waals surface area (Å²) in [6.07, 6.45) is 8.81. The Bertz CT molecular complexity index is 399. The average molecular weight is 290 g/mol. The molecule has 2 N–H and O–H groups in total. The minimum atomic E-state index is 0.324. The van der Waals surface area contributed by atoms with Gasteiger partial charge < -0.3 is 10.6 Å². The van der Waals surface area contributed by atoms with Gasteiger partial charge >= 0.3 is 0 Å². The van der Waals surface area contributed by atoms with Crippen LogP contribution < -0.4 is 10.6 Å². The molecule has 1 aliphatic carbocycles. The molecule has 1 aromatic rings. The van der Waals surface area contributed by atoms with Crippen molar-refractivity contribution in [3.05, 3.63) is 35.9 Å². The Morgan fingerprint density at radius 3 is 2.55 bits per heavy atom. The van der Waals surface area contributed by atoms with Crippen LogP contribution >= 0.6 is 12.2 Å². The first-order chi connectivity index (χ1) is 9.79. The van der Waals surface area contributed by atoms with E-state index in [0.717, 1.165) is 18.0 Å². The molecule has 1 saturated carbocycles. The lowest BCUT2D eigenvalue weighted by atomic mass is 9.96. The molecule has 0 aliphatic heterocycles. The van der Waals surface area contributed by atoms with E-state index in [2.05, 4.69) is 47.9 Å². The highest BCUT2D eigenvalue weighted by Gasteiger charge is 2.16. The van der Waals surface area contributed by atoms with E-state index in [1.165, 1.54) is 37.7 Å². The lowest BCUT2D eigenvalue weighted by molar-refractivity contribution is 0.409. The van der Waals surface area contributed by atoms with Gasteiger partial charge in [-0.15, -0.1) is 0 Å². The maximum atomic E-state index is 5.50. The number of thiocarbonyl (C=S) groups is 1. The first-order valence-corrected chi connectivity index (χ1v) is 8.32.